The molecule has 0 aliphatic carbocycles. The van der Waals surface area contributed by atoms with Gasteiger partial charge in [-0.25, -0.2) is 8.78 Å². The molecule has 1 aliphatic heterocycles. The summed E-state index contributed by atoms with van der Waals surface area (Å²) in [7, 11) is 0. The average molecular weight is 321 g/mol. The van der Waals surface area contributed by atoms with Crippen LogP contribution in [-0.4, -0.2) is 31.7 Å². The van der Waals surface area contributed by atoms with Gasteiger partial charge in [0.15, 0.2) is 11.6 Å². The number of hydrogen-bond donors (Lipinski definition) is 2. The molecule has 1 saturated heterocycles. The van der Waals surface area contributed by atoms with Crippen molar-refractivity contribution < 1.29 is 18.3 Å². The smallest absolute Gasteiger partial charge is 0.244 e. The second-order valence-electron chi connectivity index (χ2n) is 3.82. The quantitative estimate of drug-likeness (QED) is 0.871. The Balaban J connectivity index is 2.11. The summed E-state index contributed by atoms with van der Waals surface area (Å²) in [6, 6.07) is 1.58. The number of carbonyl (C=O) groups is 1. The summed E-state index contributed by atoms with van der Waals surface area (Å²) < 4.78 is 32.4. The maximum Gasteiger partial charge on any atom is 0.244 e. The van der Waals surface area contributed by atoms with E-state index in [9.17, 15) is 13.6 Å². The first-order valence-electron chi connectivity index (χ1n) is 5.34. The third-order valence-corrected chi connectivity index (χ3v) is 2.95. The van der Waals surface area contributed by atoms with Crippen molar-refractivity contribution >= 4 is 27.5 Å². The second kappa shape index (κ2) is 5.73. The molecule has 0 spiro atoms. The predicted molar refractivity (Wildman–Crippen MR) is 65.3 cm³/mol. The van der Waals surface area contributed by atoms with Crippen LogP contribution in [0.2, 0.25) is 0 Å². The van der Waals surface area contributed by atoms with Crippen LogP contribution in [0.1, 0.15) is 0 Å². The molecule has 7 heteroatoms. The van der Waals surface area contributed by atoms with Crippen molar-refractivity contribution in [3.05, 3.63) is 28.2 Å². The third-order valence-electron chi connectivity index (χ3n) is 2.49. The molecular formula is C11H11BrF2N2O2. The summed E-state index contributed by atoms with van der Waals surface area (Å²) in [6.07, 6.45) is 0. The van der Waals surface area contributed by atoms with Crippen LogP contribution < -0.4 is 10.6 Å². The Kier molecular flexibility index (Phi) is 4.26. The van der Waals surface area contributed by atoms with E-state index in [4.69, 9.17) is 4.74 Å². The zero-order valence-electron chi connectivity index (χ0n) is 9.30. The van der Waals surface area contributed by atoms with E-state index in [2.05, 4.69) is 26.6 Å². The Bertz CT molecular complexity index is 441. The van der Waals surface area contributed by atoms with E-state index in [1.54, 1.807) is 0 Å². The Hall–Kier alpha value is -1.05. The van der Waals surface area contributed by atoms with E-state index in [1.807, 2.05) is 0 Å². The molecule has 4 nitrogen and oxygen atoms in total. The summed E-state index contributed by atoms with van der Waals surface area (Å²) >= 11 is 2.96. The van der Waals surface area contributed by atoms with Crippen LogP contribution in [0, 0.1) is 11.6 Å². The minimum atomic E-state index is -0.827. The first-order chi connectivity index (χ1) is 8.58. The molecule has 98 valence electrons. The lowest BCUT2D eigenvalue weighted by molar-refractivity contribution is -0.120. The molecular weight excluding hydrogens is 310 g/mol. The van der Waals surface area contributed by atoms with Crippen molar-refractivity contribution in [3.8, 4) is 0 Å². The minimum absolute atomic E-state index is 0.186. The first-order valence-corrected chi connectivity index (χ1v) is 6.14. The molecule has 0 aromatic heterocycles. The highest BCUT2D eigenvalue weighted by atomic mass is 79.9. The highest BCUT2D eigenvalue weighted by Crippen LogP contribution is 2.23. The number of benzene rings is 1. The van der Waals surface area contributed by atoms with Gasteiger partial charge in [0.2, 0.25) is 5.91 Å². The lowest BCUT2D eigenvalue weighted by Gasteiger charge is -2.23. The topological polar surface area (TPSA) is 50.4 Å². The number of amides is 1. The number of rotatable bonds is 2. The Morgan fingerprint density at radius 1 is 1.44 bits per heavy atom. The molecule has 1 aromatic rings. The van der Waals surface area contributed by atoms with Gasteiger partial charge >= 0.3 is 0 Å². The van der Waals surface area contributed by atoms with Crippen LogP contribution in [-0.2, 0) is 9.53 Å². The van der Waals surface area contributed by atoms with Crippen molar-refractivity contribution in [2.45, 2.75) is 6.04 Å². The van der Waals surface area contributed by atoms with Gasteiger partial charge in [-0.05, 0) is 12.1 Å². The van der Waals surface area contributed by atoms with Crippen molar-refractivity contribution in [3.63, 3.8) is 0 Å². The summed E-state index contributed by atoms with van der Waals surface area (Å²) in [5.41, 5.74) is -0.449. The van der Waals surface area contributed by atoms with Gasteiger partial charge < -0.3 is 15.4 Å². The molecule has 2 rings (SSSR count). The summed E-state index contributed by atoms with van der Waals surface area (Å²) in [5, 5.41) is 5.12. The molecule has 2 N–H and O–H groups in total. The fraction of sp³-hybridized carbons (Fsp3) is 0.364. The Morgan fingerprint density at radius 2 is 2.11 bits per heavy atom. The van der Waals surface area contributed by atoms with Crippen molar-refractivity contribution in [2.24, 2.45) is 0 Å². The zero-order valence-corrected chi connectivity index (χ0v) is 10.9. The molecule has 1 aromatic carbocycles. The highest BCUT2D eigenvalue weighted by molar-refractivity contribution is 9.10. The molecule has 18 heavy (non-hydrogen) atoms. The third kappa shape index (κ3) is 3.04. The number of anilines is 1. The molecule has 1 unspecified atom stereocenters. The molecule has 0 saturated carbocycles. The summed E-state index contributed by atoms with van der Waals surface area (Å²) in [5.74, 6) is -2.17. The predicted octanol–water partition coefficient (Wildman–Crippen LogP) is 1.65. The van der Waals surface area contributed by atoms with Crippen molar-refractivity contribution in [1.29, 1.82) is 0 Å². The lowest BCUT2D eigenvalue weighted by atomic mass is 10.2. The van der Waals surface area contributed by atoms with E-state index >= 15 is 0 Å². The normalized spacial score (nSPS) is 19.6. The molecule has 0 bridgehead atoms. The summed E-state index contributed by atoms with van der Waals surface area (Å²) in [4.78, 5) is 11.8. The molecule has 0 radical (unpaired) electrons. The first kappa shape index (κ1) is 13.4. The molecule has 1 amide bonds. The number of ether oxygens (including phenoxy) is 1. The van der Waals surface area contributed by atoms with Crippen LogP contribution in [0.25, 0.3) is 0 Å². The monoisotopic (exact) mass is 320 g/mol. The number of hydrogen-bond acceptors (Lipinski definition) is 3. The second-order valence-corrected chi connectivity index (χ2v) is 4.73. The molecule has 1 heterocycles. The lowest BCUT2D eigenvalue weighted by Crippen LogP contribution is -2.49. The van der Waals surface area contributed by atoms with E-state index in [0.717, 1.165) is 12.1 Å². The van der Waals surface area contributed by atoms with E-state index in [-0.39, 0.29) is 11.1 Å². The van der Waals surface area contributed by atoms with Gasteiger partial charge in [-0.15, -0.1) is 0 Å². The van der Waals surface area contributed by atoms with E-state index < -0.39 is 29.3 Å². The van der Waals surface area contributed by atoms with Gasteiger partial charge in [0.25, 0.3) is 0 Å². The highest BCUT2D eigenvalue weighted by Gasteiger charge is 2.23. The average Bonchev–Trinajstić information content (AvgIpc) is 2.34. The van der Waals surface area contributed by atoms with Crippen LogP contribution in [0.3, 0.4) is 0 Å². The fourth-order valence-corrected chi connectivity index (χ4v) is 2.01. The maximum atomic E-state index is 13.5. The van der Waals surface area contributed by atoms with Crippen molar-refractivity contribution in [2.75, 3.05) is 25.1 Å². The van der Waals surface area contributed by atoms with Crippen LogP contribution >= 0.6 is 15.9 Å². The number of morpholine rings is 1. The van der Waals surface area contributed by atoms with Gasteiger partial charge in [-0.1, -0.05) is 15.9 Å². The molecule has 1 fully saturated rings. The Labute approximate surface area is 111 Å². The summed E-state index contributed by atoms with van der Waals surface area (Å²) in [6.45, 7) is 1.24. The van der Waals surface area contributed by atoms with Crippen LogP contribution in [0.15, 0.2) is 16.6 Å². The molecule has 1 aliphatic rings. The molecule has 1 atom stereocenters. The minimum Gasteiger partial charge on any atom is -0.378 e. The fourth-order valence-electron chi connectivity index (χ4n) is 1.61. The van der Waals surface area contributed by atoms with Gasteiger partial charge in [0.1, 0.15) is 11.7 Å². The number of halogens is 3. The zero-order chi connectivity index (χ0) is 13.1. The van der Waals surface area contributed by atoms with Crippen LogP contribution in [0.5, 0.6) is 0 Å². The van der Waals surface area contributed by atoms with Gasteiger partial charge in [0.05, 0.1) is 13.2 Å². The van der Waals surface area contributed by atoms with Crippen LogP contribution in [0.4, 0.5) is 14.5 Å². The van der Waals surface area contributed by atoms with E-state index in [1.165, 1.54) is 0 Å². The van der Waals surface area contributed by atoms with Gasteiger partial charge in [0, 0.05) is 11.0 Å². The Morgan fingerprint density at radius 3 is 2.67 bits per heavy atom. The van der Waals surface area contributed by atoms with Gasteiger partial charge in [-0.3, -0.25) is 4.79 Å². The largest absolute Gasteiger partial charge is 0.378 e. The van der Waals surface area contributed by atoms with Crippen molar-refractivity contribution in [1.82, 2.24) is 5.32 Å². The standard InChI is InChI=1S/C11H11BrF2N2O2/c12-6-3-7(13)10(8(14)4-6)16-11(17)9-5-18-2-1-15-9/h3-4,9,15H,1-2,5H2,(H,16,17). The van der Waals surface area contributed by atoms with Gasteiger partial charge in [-0.2, -0.15) is 0 Å². The number of nitrogens with one attached hydrogen (secondary N) is 2. The van der Waals surface area contributed by atoms with E-state index in [0.29, 0.717) is 13.2 Å². The maximum absolute atomic E-state index is 13.5. The SMILES string of the molecule is O=C(Nc1c(F)cc(Br)cc1F)C1COCCN1. The number of carbonyl (C=O) groups excluding carboxylic acids is 1.